The number of rotatable bonds is 5. The number of ketones is 1. The first-order valence-electron chi connectivity index (χ1n) is 11.8. The van der Waals surface area contributed by atoms with E-state index in [1.165, 1.54) is 0 Å². The van der Waals surface area contributed by atoms with Gasteiger partial charge in [-0.2, -0.15) is 0 Å². The summed E-state index contributed by atoms with van der Waals surface area (Å²) >= 11 is 0. The van der Waals surface area contributed by atoms with Gasteiger partial charge in [0.1, 0.15) is 5.69 Å². The molecule has 0 spiro atoms. The van der Waals surface area contributed by atoms with E-state index in [0.29, 0.717) is 18.8 Å². The third kappa shape index (κ3) is 5.91. The summed E-state index contributed by atoms with van der Waals surface area (Å²) in [5.41, 5.74) is 8.35. The molecule has 32 heavy (non-hydrogen) atoms. The van der Waals surface area contributed by atoms with Crippen LogP contribution in [0.2, 0.25) is 0 Å². The molecule has 2 aliphatic heterocycles. The van der Waals surface area contributed by atoms with Crippen LogP contribution in [0.25, 0.3) is 0 Å². The molecule has 172 valence electrons. The lowest BCUT2D eigenvalue weighted by Crippen LogP contribution is -2.46. The maximum atomic E-state index is 13.0. The Balaban J connectivity index is 0.00000141. The smallest absolute Gasteiger partial charge is 0.225 e. The number of amides is 1. The second kappa shape index (κ2) is 11.7. The summed E-state index contributed by atoms with van der Waals surface area (Å²) < 4.78 is 0. The number of hydrogen-bond acceptors (Lipinski definition) is 6. The third-order valence-corrected chi connectivity index (χ3v) is 6.37. The van der Waals surface area contributed by atoms with Crippen LogP contribution >= 0.6 is 0 Å². The Morgan fingerprint density at radius 2 is 1.66 bits per heavy atom. The molecule has 4 heterocycles. The molecule has 4 rings (SSSR count). The van der Waals surface area contributed by atoms with Crippen LogP contribution in [0.5, 0.6) is 0 Å². The maximum absolute atomic E-state index is 13.0. The van der Waals surface area contributed by atoms with Gasteiger partial charge < -0.3 is 10.6 Å². The zero-order valence-corrected chi connectivity index (χ0v) is 19.2. The average Bonchev–Trinajstić information content (AvgIpc) is 2.87. The highest BCUT2D eigenvalue weighted by Crippen LogP contribution is 2.26. The van der Waals surface area contributed by atoms with E-state index in [4.69, 9.17) is 5.73 Å². The fourth-order valence-electron chi connectivity index (χ4n) is 4.50. The zero-order valence-electron chi connectivity index (χ0n) is 19.2. The van der Waals surface area contributed by atoms with Crippen molar-refractivity contribution < 1.29 is 9.59 Å². The Bertz CT molecular complexity index is 873. The topological polar surface area (TPSA) is 92.4 Å². The van der Waals surface area contributed by atoms with Crippen molar-refractivity contribution in [1.29, 1.82) is 0 Å². The highest BCUT2D eigenvalue weighted by molar-refractivity contribution is 5.96. The van der Waals surface area contributed by atoms with E-state index in [0.717, 1.165) is 56.6 Å². The molecule has 2 aromatic heterocycles. The number of piperidine rings is 2. The Labute approximate surface area is 191 Å². The number of likely N-dealkylation sites (tertiary alicyclic amines) is 2. The van der Waals surface area contributed by atoms with Gasteiger partial charge in [-0.25, -0.2) is 0 Å². The minimum absolute atomic E-state index is 0.0309. The van der Waals surface area contributed by atoms with Gasteiger partial charge in [-0.3, -0.25) is 24.5 Å². The summed E-state index contributed by atoms with van der Waals surface area (Å²) in [6.45, 7) is 7.92. The molecule has 0 aliphatic carbocycles. The first-order chi connectivity index (χ1) is 15.6. The van der Waals surface area contributed by atoms with E-state index in [9.17, 15) is 9.59 Å². The van der Waals surface area contributed by atoms with Crippen LogP contribution in [0.1, 0.15) is 55.6 Å². The predicted octanol–water partition coefficient (Wildman–Crippen LogP) is 3.42. The summed E-state index contributed by atoms with van der Waals surface area (Å²) in [5, 5.41) is 0. The highest BCUT2D eigenvalue weighted by Gasteiger charge is 2.33. The van der Waals surface area contributed by atoms with Gasteiger partial charge in [0.15, 0.2) is 5.78 Å². The number of nitrogen functional groups attached to an aromatic ring is 1. The first kappa shape index (κ1) is 23.9. The molecule has 0 radical (unpaired) electrons. The summed E-state index contributed by atoms with van der Waals surface area (Å²) in [7, 11) is 0. The number of pyridine rings is 2. The molecule has 7 nitrogen and oxygen atoms in total. The number of nitrogens with zero attached hydrogens (tertiary/aromatic N) is 4. The second-order valence-corrected chi connectivity index (χ2v) is 8.30. The van der Waals surface area contributed by atoms with E-state index in [1.54, 1.807) is 24.7 Å². The lowest BCUT2D eigenvalue weighted by molar-refractivity contribution is -0.138. The standard InChI is InChI=1S/C23H29N5O2.C2H6/c24-20-15-25-10-4-19(20)16-27-11-5-18(6-12-27)23(30)28-13-7-17(8-14-28)22(29)21-3-1-2-9-26-21;1-2/h1-4,9-10,15,17-18H,5-8,11-14,16,24H2;1-2H3. The number of nitrogens with two attached hydrogens (primary N) is 1. The molecule has 0 atom stereocenters. The molecule has 2 aliphatic rings. The van der Waals surface area contributed by atoms with E-state index in [-0.39, 0.29) is 23.5 Å². The monoisotopic (exact) mass is 437 g/mol. The second-order valence-electron chi connectivity index (χ2n) is 8.30. The van der Waals surface area contributed by atoms with Crippen LogP contribution in [-0.2, 0) is 11.3 Å². The van der Waals surface area contributed by atoms with Crippen molar-refractivity contribution in [3.8, 4) is 0 Å². The van der Waals surface area contributed by atoms with Crippen molar-refractivity contribution in [2.45, 2.75) is 46.1 Å². The average molecular weight is 438 g/mol. The number of aromatic nitrogens is 2. The van der Waals surface area contributed by atoms with Crippen molar-refractivity contribution in [3.05, 3.63) is 54.1 Å². The molecule has 2 saturated heterocycles. The summed E-state index contributed by atoms with van der Waals surface area (Å²) in [6.07, 6.45) is 8.30. The molecule has 2 fully saturated rings. The van der Waals surface area contributed by atoms with Crippen LogP contribution in [0, 0.1) is 11.8 Å². The van der Waals surface area contributed by atoms with Gasteiger partial charge in [0.05, 0.1) is 11.9 Å². The zero-order chi connectivity index (χ0) is 22.9. The Hall–Kier alpha value is -2.80. The van der Waals surface area contributed by atoms with Gasteiger partial charge in [-0.1, -0.05) is 19.9 Å². The number of carbonyl (C=O) groups excluding carboxylic acids is 2. The van der Waals surface area contributed by atoms with Gasteiger partial charge >= 0.3 is 0 Å². The molecule has 2 N–H and O–H groups in total. The van der Waals surface area contributed by atoms with Crippen molar-refractivity contribution in [2.75, 3.05) is 31.9 Å². The van der Waals surface area contributed by atoms with Crippen LogP contribution < -0.4 is 5.73 Å². The van der Waals surface area contributed by atoms with Crippen LogP contribution in [-0.4, -0.2) is 57.6 Å². The van der Waals surface area contributed by atoms with Gasteiger partial charge in [-0.15, -0.1) is 0 Å². The molecule has 1 amide bonds. The fourth-order valence-corrected chi connectivity index (χ4v) is 4.50. The van der Waals surface area contributed by atoms with Crippen molar-refractivity contribution in [2.24, 2.45) is 11.8 Å². The number of hydrogen-bond donors (Lipinski definition) is 1. The SMILES string of the molecule is CC.Nc1cnccc1CN1CCC(C(=O)N2CCC(C(=O)c3ccccn3)CC2)CC1. The van der Waals surface area contributed by atoms with E-state index in [1.807, 2.05) is 36.9 Å². The number of Topliss-reactive ketones (excluding diaryl/α,β-unsaturated/α-hetero) is 1. The summed E-state index contributed by atoms with van der Waals surface area (Å²) in [6, 6.07) is 7.39. The van der Waals surface area contributed by atoms with Gasteiger partial charge in [0, 0.05) is 43.9 Å². The van der Waals surface area contributed by atoms with Crippen molar-refractivity contribution in [1.82, 2.24) is 19.8 Å². The molecular formula is C25H35N5O2. The fraction of sp³-hybridized carbons (Fsp3) is 0.520. The molecule has 0 saturated carbocycles. The lowest BCUT2D eigenvalue weighted by Gasteiger charge is -2.37. The van der Waals surface area contributed by atoms with E-state index < -0.39 is 0 Å². The highest BCUT2D eigenvalue weighted by atomic mass is 16.2. The third-order valence-electron chi connectivity index (χ3n) is 6.37. The molecular weight excluding hydrogens is 402 g/mol. The van der Waals surface area contributed by atoms with Crippen LogP contribution in [0.15, 0.2) is 42.9 Å². The van der Waals surface area contributed by atoms with E-state index in [2.05, 4.69) is 14.9 Å². The molecule has 2 aromatic rings. The van der Waals surface area contributed by atoms with Crippen LogP contribution in [0.4, 0.5) is 5.69 Å². The normalized spacial score (nSPS) is 18.0. The summed E-state index contributed by atoms with van der Waals surface area (Å²) in [5.74, 6) is 0.406. The number of carbonyl (C=O) groups is 2. The molecule has 7 heteroatoms. The Morgan fingerprint density at radius 3 is 2.28 bits per heavy atom. The number of anilines is 1. The predicted molar refractivity (Wildman–Crippen MR) is 126 cm³/mol. The first-order valence-corrected chi connectivity index (χ1v) is 11.8. The molecule has 0 unspecified atom stereocenters. The minimum Gasteiger partial charge on any atom is -0.397 e. The lowest BCUT2D eigenvalue weighted by atomic mass is 9.89. The maximum Gasteiger partial charge on any atom is 0.225 e. The Kier molecular flexibility index (Phi) is 8.73. The van der Waals surface area contributed by atoms with Gasteiger partial charge in [0.2, 0.25) is 5.91 Å². The minimum atomic E-state index is -0.0309. The quantitative estimate of drug-likeness (QED) is 0.721. The largest absolute Gasteiger partial charge is 0.397 e. The van der Waals surface area contributed by atoms with Crippen molar-refractivity contribution in [3.63, 3.8) is 0 Å². The molecule has 0 aromatic carbocycles. The van der Waals surface area contributed by atoms with Gasteiger partial charge in [0.25, 0.3) is 0 Å². The summed E-state index contributed by atoms with van der Waals surface area (Å²) in [4.78, 5) is 38.1. The molecule has 0 bridgehead atoms. The Morgan fingerprint density at radius 1 is 0.969 bits per heavy atom. The van der Waals surface area contributed by atoms with Crippen molar-refractivity contribution >= 4 is 17.4 Å². The van der Waals surface area contributed by atoms with E-state index >= 15 is 0 Å². The van der Waals surface area contributed by atoms with Crippen LogP contribution in [0.3, 0.4) is 0 Å². The van der Waals surface area contributed by atoms with Gasteiger partial charge in [-0.05, 0) is 62.5 Å².